The summed E-state index contributed by atoms with van der Waals surface area (Å²) in [5, 5.41) is 3.25. The zero-order valence-electron chi connectivity index (χ0n) is 11.8. The van der Waals surface area contributed by atoms with E-state index < -0.39 is 13.0 Å². The summed E-state index contributed by atoms with van der Waals surface area (Å²) in [6, 6.07) is 8.20. The van der Waals surface area contributed by atoms with Gasteiger partial charge in [0.1, 0.15) is 6.61 Å². The lowest BCUT2D eigenvalue weighted by molar-refractivity contribution is 0.00934. The van der Waals surface area contributed by atoms with Crippen molar-refractivity contribution in [3.05, 3.63) is 35.4 Å². The number of rotatable bonds is 8. The second-order valence-electron chi connectivity index (χ2n) is 4.86. The van der Waals surface area contributed by atoms with E-state index in [1.54, 1.807) is 0 Å². The molecular formula is C15H23F2NO. The van der Waals surface area contributed by atoms with Crippen LogP contribution in [0.3, 0.4) is 0 Å². The fourth-order valence-corrected chi connectivity index (χ4v) is 1.91. The molecule has 1 aromatic rings. The van der Waals surface area contributed by atoms with E-state index in [0.717, 1.165) is 12.1 Å². The predicted octanol–water partition coefficient (Wildman–Crippen LogP) is 3.74. The quantitative estimate of drug-likeness (QED) is 0.777. The van der Waals surface area contributed by atoms with Gasteiger partial charge in [0.2, 0.25) is 0 Å². The van der Waals surface area contributed by atoms with Gasteiger partial charge in [-0.2, -0.15) is 0 Å². The number of alkyl halides is 2. The molecular weight excluding hydrogens is 248 g/mol. The standard InChI is InChI=1S/C15H23F2NO/c1-4-18-14(9-19-10-15(16)17)13-7-5-12(6-8-13)11(2)3/h5-8,11,14-15,18H,4,9-10H2,1-3H3. The SMILES string of the molecule is CCNC(COCC(F)F)c1ccc(C(C)C)cc1. The van der Waals surface area contributed by atoms with Crippen molar-refractivity contribution in [2.24, 2.45) is 0 Å². The van der Waals surface area contributed by atoms with Gasteiger partial charge in [-0.1, -0.05) is 45.0 Å². The molecule has 19 heavy (non-hydrogen) atoms. The molecule has 0 heterocycles. The lowest BCUT2D eigenvalue weighted by Crippen LogP contribution is -2.26. The highest BCUT2D eigenvalue weighted by atomic mass is 19.3. The van der Waals surface area contributed by atoms with Crippen molar-refractivity contribution in [3.63, 3.8) is 0 Å². The van der Waals surface area contributed by atoms with Gasteiger partial charge in [0.15, 0.2) is 0 Å². The fourth-order valence-electron chi connectivity index (χ4n) is 1.91. The number of likely N-dealkylation sites (N-methyl/N-ethyl adjacent to an activating group) is 1. The van der Waals surface area contributed by atoms with Gasteiger partial charge in [-0.15, -0.1) is 0 Å². The first-order valence-corrected chi connectivity index (χ1v) is 6.73. The Bertz CT molecular complexity index is 352. The minimum atomic E-state index is -2.41. The Morgan fingerprint density at radius 1 is 1.05 bits per heavy atom. The molecule has 108 valence electrons. The molecule has 0 aliphatic heterocycles. The summed E-state index contributed by atoms with van der Waals surface area (Å²) in [5.74, 6) is 0.488. The van der Waals surface area contributed by atoms with Crippen molar-refractivity contribution < 1.29 is 13.5 Å². The maximum absolute atomic E-state index is 12.1. The van der Waals surface area contributed by atoms with Crippen molar-refractivity contribution in [2.45, 2.75) is 39.2 Å². The molecule has 0 amide bonds. The van der Waals surface area contributed by atoms with Crippen LogP contribution in [0.15, 0.2) is 24.3 Å². The van der Waals surface area contributed by atoms with Gasteiger partial charge in [0.05, 0.1) is 12.6 Å². The van der Waals surface area contributed by atoms with E-state index in [9.17, 15) is 8.78 Å². The summed E-state index contributed by atoms with van der Waals surface area (Å²) < 4.78 is 29.2. The Morgan fingerprint density at radius 3 is 2.11 bits per heavy atom. The Kier molecular flexibility index (Phi) is 6.95. The molecule has 1 atom stereocenters. The molecule has 0 aromatic heterocycles. The van der Waals surface area contributed by atoms with Crippen LogP contribution in [0.2, 0.25) is 0 Å². The van der Waals surface area contributed by atoms with Gasteiger partial charge in [0, 0.05) is 0 Å². The molecule has 0 saturated carbocycles. The van der Waals surface area contributed by atoms with Crippen LogP contribution in [0.4, 0.5) is 8.78 Å². The lowest BCUT2D eigenvalue weighted by Gasteiger charge is -2.19. The molecule has 0 radical (unpaired) electrons. The van der Waals surface area contributed by atoms with Crippen LogP contribution in [0.25, 0.3) is 0 Å². The van der Waals surface area contributed by atoms with E-state index in [1.165, 1.54) is 5.56 Å². The first-order valence-electron chi connectivity index (χ1n) is 6.73. The lowest BCUT2D eigenvalue weighted by atomic mass is 9.99. The number of ether oxygens (including phenoxy) is 1. The van der Waals surface area contributed by atoms with E-state index in [4.69, 9.17) is 4.74 Å². The first kappa shape index (κ1) is 16.1. The van der Waals surface area contributed by atoms with Crippen LogP contribution in [-0.2, 0) is 4.74 Å². The van der Waals surface area contributed by atoms with Gasteiger partial charge in [-0.25, -0.2) is 8.78 Å². The minimum Gasteiger partial charge on any atom is -0.374 e. The highest BCUT2D eigenvalue weighted by Gasteiger charge is 2.12. The van der Waals surface area contributed by atoms with Gasteiger partial charge in [-0.05, 0) is 23.6 Å². The molecule has 1 rings (SSSR count). The van der Waals surface area contributed by atoms with Crippen molar-refractivity contribution >= 4 is 0 Å². The van der Waals surface area contributed by atoms with E-state index in [2.05, 4.69) is 31.3 Å². The van der Waals surface area contributed by atoms with Crippen LogP contribution in [0, 0.1) is 0 Å². The van der Waals surface area contributed by atoms with Crippen LogP contribution < -0.4 is 5.32 Å². The van der Waals surface area contributed by atoms with E-state index >= 15 is 0 Å². The van der Waals surface area contributed by atoms with Crippen molar-refractivity contribution in [1.82, 2.24) is 5.32 Å². The average molecular weight is 271 g/mol. The first-order chi connectivity index (χ1) is 9.04. The Morgan fingerprint density at radius 2 is 1.63 bits per heavy atom. The average Bonchev–Trinajstić information content (AvgIpc) is 2.37. The minimum absolute atomic E-state index is 0.0371. The van der Waals surface area contributed by atoms with E-state index in [0.29, 0.717) is 5.92 Å². The molecule has 2 nitrogen and oxygen atoms in total. The monoisotopic (exact) mass is 271 g/mol. The highest BCUT2D eigenvalue weighted by Crippen LogP contribution is 2.19. The van der Waals surface area contributed by atoms with Crippen molar-refractivity contribution in [3.8, 4) is 0 Å². The topological polar surface area (TPSA) is 21.3 Å². The molecule has 1 N–H and O–H groups in total. The number of halogens is 2. The van der Waals surface area contributed by atoms with Crippen LogP contribution in [-0.4, -0.2) is 26.2 Å². The number of hydrogen-bond acceptors (Lipinski definition) is 2. The van der Waals surface area contributed by atoms with Crippen molar-refractivity contribution in [2.75, 3.05) is 19.8 Å². The smallest absolute Gasteiger partial charge is 0.261 e. The maximum Gasteiger partial charge on any atom is 0.261 e. The Hall–Kier alpha value is -1.00. The molecule has 1 aromatic carbocycles. The normalized spacial score (nSPS) is 13.2. The summed E-state index contributed by atoms with van der Waals surface area (Å²) in [6.45, 7) is 6.80. The predicted molar refractivity (Wildman–Crippen MR) is 73.8 cm³/mol. The third-order valence-corrected chi connectivity index (χ3v) is 2.98. The van der Waals surface area contributed by atoms with Gasteiger partial charge in [-0.3, -0.25) is 0 Å². The van der Waals surface area contributed by atoms with E-state index in [-0.39, 0.29) is 12.6 Å². The summed E-state index contributed by atoms with van der Waals surface area (Å²) in [4.78, 5) is 0. The second kappa shape index (κ2) is 8.23. The molecule has 0 aliphatic carbocycles. The summed E-state index contributed by atoms with van der Waals surface area (Å²) >= 11 is 0. The molecule has 0 fully saturated rings. The molecule has 4 heteroatoms. The number of benzene rings is 1. The van der Waals surface area contributed by atoms with Crippen molar-refractivity contribution in [1.29, 1.82) is 0 Å². The fraction of sp³-hybridized carbons (Fsp3) is 0.600. The van der Waals surface area contributed by atoms with E-state index in [1.807, 2.05) is 19.1 Å². The van der Waals surface area contributed by atoms with Gasteiger partial charge < -0.3 is 10.1 Å². The van der Waals surface area contributed by atoms with Gasteiger partial charge in [0.25, 0.3) is 6.43 Å². The molecule has 0 aliphatic rings. The summed E-state index contributed by atoms with van der Waals surface area (Å²) in [7, 11) is 0. The zero-order chi connectivity index (χ0) is 14.3. The molecule has 0 saturated heterocycles. The third kappa shape index (κ3) is 5.66. The van der Waals surface area contributed by atoms with Gasteiger partial charge >= 0.3 is 0 Å². The Balaban J connectivity index is 2.64. The zero-order valence-corrected chi connectivity index (χ0v) is 11.8. The summed E-state index contributed by atoms with van der Waals surface area (Å²) in [6.07, 6.45) is -2.41. The second-order valence-corrected chi connectivity index (χ2v) is 4.86. The molecule has 0 bridgehead atoms. The molecule has 0 spiro atoms. The third-order valence-electron chi connectivity index (χ3n) is 2.98. The Labute approximate surface area is 114 Å². The van der Waals surface area contributed by atoms with Crippen LogP contribution >= 0.6 is 0 Å². The van der Waals surface area contributed by atoms with Crippen LogP contribution in [0.5, 0.6) is 0 Å². The van der Waals surface area contributed by atoms with Crippen LogP contribution in [0.1, 0.15) is 43.9 Å². The maximum atomic E-state index is 12.1. The highest BCUT2D eigenvalue weighted by molar-refractivity contribution is 5.27. The summed E-state index contributed by atoms with van der Waals surface area (Å²) in [5.41, 5.74) is 2.34. The number of nitrogens with one attached hydrogen (secondary N) is 1. The largest absolute Gasteiger partial charge is 0.374 e. The molecule has 1 unspecified atom stereocenters. The number of hydrogen-bond donors (Lipinski definition) is 1.